The second-order valence-corrected chi connectivity index (χ2v) is 5.44. The summed E-state index contributed by atoms with van der Waals surface area (Å²) in [5.74, 6) is 0.642. The van der Waals surface area contributed by atoms with Crippen LogP contribution in [0.2, 0.25) is 0 Å². The first-order chi connectivity index (χ1) is 9.72. The van der Waals surface area contributed by atoms with Gasteiger partial charge < -0.3 is 14.2 Å². The Bertz CT molecular complexity index is 576. The molecule has 20 heavy (non-hydrogen) atoms. The van der Waals surface area contributed by atoms with E-state index in [9.17, 15) is 4.79 Å². The Labute approximate surface area is 122 Å². The molecule has 0 amide bonds. The molecule has 0 aliphatic rings. The van der Waals surface area contributed by atoms with Crippen LogP contribution in [0.5, 0.6) is 5.75 Å². The number of ether oxygens (including phenoxy) is 3. The van der Waals surface area contributed by atoms with Crippen molar-refractivity contribution >= 4 is 27.4 Å². The van der Waals surface area contributed by atoms with Gasteiger partial charge in [0, 0.05) is 16.7 Å². The Morgan fingerprint density at radius 3 is 2.90 bits per heavy atom. The van der Waals surface area contributed by atoms with Crippen molar-refractivity contribution in [3.05, 3.63) is 29.1 Å². The SMILES string of the molecule is CCOC(=O)CCc1cc2cc(OCOC)ccc2s1. The highest BCUT2D eigenvalue weighted by Crippen LogP contribution is 2.29. The van der Waals surface area contributed by atoms with E-state index in [-0.39, 0.29) is 12.8 Å². The van der Waals surface area contributed by atoms with Crippen LogP contribution in [0.3, 0.4) is 0 Å². The Kier molecular flexibility index (Phi) is 5.38. The third-order valence-electron chi connectivity index (χ3n) is 2.76. The van der Waals surface area contributed by atoms with Gasteiger partial charge >= 0.3 is 5.97 Å². The van der Waals surface area contributed by atoms with E-state index in [4.69, 9.17) is 14.2 Å². The summed E-state index contributed by atoms with van der Waals surface area (Å²) in [5, 5.41) is 1.13. The van der Waals surface area contributed by atoms with Crippen molar-refractivity contribution in [2.75, 3.05) is 20.5 Å². The third kappa shape index (κ3) is 3.95. The molecule has 1 heterocycles. The van der Waals surface area contributed by atoms with Gasteiger partial charge in [0.25, 0.3) is 0 Å². The fraction of sp³-hybridized carbons (Fsp3) is 0.400. The number of hydrogen-bond acceptors (Lipinski definition) is 5. The molecule has 4 nitrogen and oxygen atoms in total. The molecule has 0 aliphatic heterocycles. The van der Waals surface area contributed by atoms with E-state index < -0.39 is 0 Å². The summed E-state index contributed by atoms with van der Waals surface area (Å²) in [7, 11) is 1.59. The quantitative estimate of drug-likeness (QED) is 0.580. The van der Waals surface area contributed by atoms with Gasteiger partial charge in [0.1, 0.15) is 5.75 Å². The number of hydrogen-bond donors (Lipinski definition) is 0. The molecule has 0 spiro atoms. The van der Waals surface area contributed by atoms with Crippen molar-refractivity contribution < 1.29 is 19.0 Å². The minimum Gasteiger partial charge on any atom is -0.468 e. The topological polar surface area (TPSA) is 44.8 Å². The molecule has 2 rings (SSSR count). The smallest absolute Gasteiger partial charge is 0.306 e. The van der Waals surface area contributed by atoms with Gasteiger partial charge in [0.05, 0.1) is 13.0 Å². The van der Waals surface area contributed by atoms with Crippen LogP contribution in [-0.2, 0) is 20.7 Å². The summed E-state index contributed by atoms with van der Waals surface area (Å²) in [5.41, 5.74) is 0. The van der Waals surface area contributed by atoms with Crippen molar-refractivity contribution in [3.8, 4) is 5.75 Å². The minimum atomic E-state index is -0.144. The van der Waals surface area contributed by atoms with Crippen molar-refractivity contribution in [2.45, 2.75) is 19.8 Å². The molecule has 0 saturated carbocycles. The predicted octanol–water partition coefficient (Wildman–Crippen LogP) is 3.38. The van der Waals surface area contributed by atoms with E-state index in [1.165, 1.54) is 9.58 Å². The normalized spacial score (nSPS) is 10.7. The molecule has 0 atom stereocenters. The lowest BCUT2D eigenvalue weighted by molar-refractivity contribution is -0.143. The van der Waals surface area contributed by atoms with Gasteiger partial charge in [-0.15, -0.1) is 11.3 Å². The lowest BCUT2D eigenvalue weighted by Gasteiger charge is -2.03. The van der Waals surface area contributed by atoms with Crippen LogP contribution in [0.15, 0.2) is 24.3 Å². The van der Waals surface area contributed by atoms with Crippen molar-refractivity contribution in [3.63, 3.8) is 0 Å². The average molecular weight is 294 g/mol. The van der Waals surface area contributed by atoms with Crippen LogP contribution in [0.1, 0.15) is 18.2 Å². The van der Waals surface area contributed by atoms with Crippen molar-refractivity contribution in [1.29, 1.82) is 0 Å². The molecule has 0 unspecified atom stereocenters. The first-order valence-corrected chi connectivity index (χ1v) is 7.34. The molecule has 1 aromatic carbocycles. The van der Waals surface area contributed by atoms with Crippen LogP contribution in [0, 0.1) is 0 Å². The summed E-state index contributed by atoms with van der Waals surface area (Å²) in [4.78, 5) is 12.5. The molecule has 0 saturated heterocycles. The van der Waals surface area contributed by atoms with Crippen LogP contribution in [-0.4, -0.2) is 26.5 Å². The van der Waals surface area contributed by atoms with Crippen LogP contribution >= 0.6 is 11.3 Å². The third-order valence-corrected chi connectivity index (χ3v) is 3.94. The molecule has 0 N–H and O–H groups in total. The zero-order chi connectivity index (χ0) is 14.4. The monoisotopic (exact) mass is 294 g/mol. The number of esters is 1. The fourth-order valence-electron chi connectivity index (χ4n) is 1.87. The first-order valence-electron chi connectivity index (χ1n) is 6.52. The number of carbonyl (C=O) groups excluding carboxylic acids is 1. The zero-order valence-electron chi connectivity index (χ0n) is 11.7. The molecule has 1 aromatic heterocycles. The fourth-order valence-corrected chi connectivity index (χ4v) is 2.92. The number of benzene rings is 1. The van der Waals surface area contributed by atoms with Gasteiger partial charge in [-0.2, -0.15) is 0 Å². The minimum absolute atomic E-state index is 0.144. The first kappa shape index (κ1) is 14.8. The Hall–Kier alpha value is -1.59. The van der Waals surface area contributed by atoms with Gasteiger partial charge in [-0.1, -0.05) is 0 Å². The highest BCUT2D eigenvalue weighted by Gasteiger charge is 2.07. The maximum Gasteiger partial charge on any atom is 0.306 e. The Balaban J connectivity index is 2.03. The molecule has 0 radical (unpaired) electrons. The van der Waals surface area contributed by atoms with E-state index in [0.29, 0.717) is 19.4 Å². The van der Waals surface area contributed by atoms with Gasteiger partial charge in [0.2, 0.25) is 0 Å². The maximum atomic E-state index is 11.4. The van der Waals surface area contributed by atoms with E-state index >= 15 is 0 Å². The molecule has 5 heteroatoms. The van der Waals surface area contributed by atoms with Crippen LogP contribution in [0.4, 0.5) is 0 Å². The summed E-state index contributed by atoms with van der Waals surface area (Å²) in [6, 6.07) is 8.03. The summed E-state index contributed by atoms with van der Waals surface area (Å²) in [6.07, 6.45) is 1.14. The van der Waals surface area contributed by atoms with E-state index in [2.05, 4.69) is 6.07 Å². The number of fused-ring (bicyclic) bond motifs is 1. The number of carbonyl (C=O) groups is 1. The van der Waals surface area contributed by atoms with Gasteiger partial charge in [0.15, 0.2) is 6.79 Å². The zero-order valence-corrected chi connectivity index (χ0v) is 12.5. The van der Waals surface area contributed by atoms with Crippen molar-refractivity contribution in [2.24, 2.45) is 0 Å². The molecular weight excluding hydrogens is 276 g/mol. The van der Waals surface area contributed by atoms with E-state index in [1.807, 2.05) is 25.1 Å². The highest BCUT2D eigenvalue weighted by atomic mass is 32.1. The van der Waals surface area contributed by atoms with E-state index in [1.54, 1.807) is 18.4 Å². The highest BCUT2D eigenvalue weighted by molar-refractivity contribution is 7.19. The van der Waals surface area contributed by atoms with Crippen LogP contribution < -0.4 is 4.74 Å². The van der Waals surface area contributed by atoms with Gasteiger partial charge in [-0.05, 0) is 43.0 Å². The number of rotatable bonds is 7. The molecule has 2 aromatic rings. The molecule has 108 valence electrons. The largest absolute Gasteiger partial charge is 0.468 e. The van der Waals surface area contributed by atoms with Gasteiger partial charge in [-0.25, -0.2) is 0 Å². The number of methoxy groups -OCH3 is 1. The van der Waals surface area contributed by atoms with Crippen LogP contribution in [0.25, 0.3) is 10.1 Å². The standard InChI is InChI=1S/C15H18O4S/c1-3-18-15(16)7-5-13-9-11-8-12(19-10-17-2)4-6-14(11)20-13/h4,6,8-9H,3,5,7,10H2,1-2H3. The molecule has 0 fully saturated rings. The molecule has 0 aliphatic carbocycles. The second-order valence-electron chi connectivity index (χ2n) is 4.27. The van der Waals surface area contributed by atoms with E-state index in [0.717, 1.165) is 11.1 Å². The maximum absolute atomic E-state index is 11.4. The summed E-state index contributed by atoms with van der Waals surface area (Å²) < 4.78 is 16.4. The summed E-state index contributed by atoms with van der Waals surface area (Å²) in [6.45, 7) is 2.50. The molecular formula is C15H18O4S. The lowest BCUT2D eigenvalue weighted by atomic mass is 10.2. The Morgan fingerprint density at radius 1 is 1.30 bits per heavy atom. The number of thiophene rings is 1. The average Bonchev–Trinajstić information content (AvgIpc) is 2.85. The predicted molar refractivity (Wildman–Crippen MR) is 79.3 cm³/mol. The number of aryl methyl sites for hydroxylation is 1. The lowest BCUT2D eigenvalue weighted by Crippen LogP contribution is -2.04. The Morgan fingerprint density at radius 2 is 2.15 bits per heavy atom. The van der Waals surface area contributed by atoms with Gasteiger partial charge in [-0.3, -0.25) is 4.79 Å². The molecule has 0 bridgehead atoms. The van der Waals surface area contributed by atoms with Crippen molar-refractivity contribution in [1.82, 2.24) is 0 Å². The second kappa shape index (κ2) is 7.26. The summed E-state index contributed by atoms with van der Waals surface area (Å²) >= 11 is 1.70.